The number of aromatic nitrogens is 4. The standard InChI is InChI=1S/C12H8Cl2N4O3/c1-2-20-12(19)8-3-4-9(13)11(10(8)14)21-6-5-18-16-7-15-17-18/h1,3-4,7H,5-6H2. The fraction of sp³-hybridized carbons (Fsp3) is 0.167. The van der Waals surface area contributed by atoms with Crippen LogP contribution in [0.3, 0.4) is 0 Å². The van der Waals surface area contributed by atoms with Crippen LogP contribution in [0.4, 0.5) is 0 Å². The Morgan fingerprint density at radius 2 is 2.24 bits per heavy atom. The predicted molar refractivity (Wildman–Crippen MR) is 74.0 cm³/mol. The number of rotatable bonds is 5. The van der Waals surface area contributed by atoms with Gasteiger partial charge in [0.25, 0.3) is 0 Å². The first-order chi connectivity index (χ1) is 10.1. The van der Waals surface area contributed by atoms with Crippen molar-refractivity contribution in [2.24, 2.45) is 0 Å². The summed E-state index contributed by atoms with van der Waals surface area (Å²) >= 11 is 12.1. The van der Waals surface area contributed by atoms with Gasteiger partial charge in [0.1, 0.15) is 12.7 Å². The van der Waals surface area contributed by atoms with Crippen molar-refractivity contribution in [3.05, 3.63) is 34.1 Å². The van der Waals surface area contributed by atoms with E-state index >= 15 is 0 Å². The number of terminal acetylenes is 1. The molecule has 0 N–H and O–H groups in total. The van der Waals surface area contributed by atoms with Gasteiger partial charge in [0.2, 0.25) is 0 Å². The van der Waals surface area contributed by atoms with E-state index in [0.717, 1.165) is 0 Å². The first-order valence-electron chi connectivity index (χ1n) is 5.62. The fourth-order valence-corrected chi connectivity index (χ4v) is 2.01. The zero-order chi connectivity index (χ0) is 15.2. The van der Waals surface area contributed by atoms with E-state index in [2.05, 4.69) is 20.1 Å². The van der Waals surface area contributed by atoms with Gasteiger partial charge in [-0.2, -0.15) is 4.80 Å². The molecule has 0 saturated heterocycles. The van der Waals surface area contributed by atoms with Gasteiger partial charge < -0.3 is 9.47 Å². The summed E-state index contributed by atoms with van der Waals surface area (Å²) in [7, 11) is 0. The monoisotopic (exact) mass is 326 g/mol. The van der Waals surface area contributed by atoms with Crippen LogP contribution in [0.2, 0.25) is 10.0 Å². The summed E-state index contributed by atoms with van der Waals surface area (Å²) in [5.41, 5.74) is 0.0629. The lowest BCUT2D eigenvalue weighted by Gasteiger charge is -2.11. The number of hydrogen-bond donors (Lipinski definition) is 0. The Morgan fingerprint density at radius 3 is 2.90 bits per heavy atom. The predicted octanol–water partition coefficient (Wildman–Crippen LogP) is 1.81. The third kappa shape index (κ3) is 3.62. The summed E-state index contributed by atoms with van der Waals surface area (Å²) in [5.74, 6) is -0.605. The van der Waals surface area contributed by atoms with Crippen molar-refractivity contribution in [3.8, 4) is 18.3 Å². The molecule has 7 nitrogen and oxygen atoms in total. The first kappa shape index (κ1) is 15.1. The third-order valence-electron chi connectivity index (χ3n) is 2.35. The van der Waals surface area contributed by atoms with Gasteiger partial charge in [0, 0.05) is 0 Å². The van der Waals surface area contributed by atoms with E-state index in [1.165, 1.54) is 23.3 Å². The lowest BCUT2D eigenvalue weighted by molar-refractivity contribution is 0.0691. The van der Waals surface area contributed by atoms with Gasteiger partial charge in [0.05, 0.1) is 22.2 Å². The lowest BCUT2D eigenvalue weighted by Crippen LogP contribution is -2.12. The summed E-state index contributed by atoms with van der Waals surface area (Å²) in [5, 5.41) is 11.3. The van der Waals surface area contributed by atoms with Gasteiger partial charge in [-0.15, -0.1) is 10.2 Å². The van der Waals surface area contributed by atoms with Crippen LogP contribution in [0.1, 0.15) is 10.4 Å². The van der Waals surface area contributed by atoms with Crippen molar-refractivity contribution >= 4 is 29.2 Å². The van der Waals surface area contributed by atoms with Crippen molar-refractivity contribution in [3.63, 3.8) is 0 Å². The second-order valence-electron chi connectivity index (χ2n) is 3.63. The maximum absolute atomic E-state index is 11.6. The quantitative estimate of drug-likeness (QED) is 0.615. The smallest absolute Gasteiger partial charge is 0.353 e. The Balaban J connectivity index is 2.13. The molecule has 0 bridgehead atoms. The summed E-state index contributed by atoms with van der Waals surface area (Å²) in [4.78, 5) is 12.9. The van der Waals surface area contributed by atoms with E-state index in [0.29, 0.717) is 6.54 Å². The maximum atomic E-state index is 11.6. The maximum Gasteiger partial charge on any atom is 0.353 e. The van der Waals surface area contributed by atoms with Crippen LogP contribution >= 0.6 is 23.2 Å². The highest BCUT2D eigenvalue weighted by Gasteiger charge is 2.18. The minimum absolute atomic E-state index is 0.0225. The number of tetrazole rings is 1. The van der Waals surface area contributed by atoms with Crippen molar-refractivity contribution in [1.82, 2.24) is 20.2 Å². The molecular weight excluding hydrogens is 319 g/mol. The van der Waals surface area contributed by atoms with Gasteiger partial charge in [0.15, 0.2) is 12.1 Å². The Labute approximate surface area is 129 Å². The number of hydrogen-bond acceptors (Lipinski definition) is 6. The second-order valence-corrected chi connectivity index (χ2v) is 4.41. The van der Waals surface area contributed by atoms with Crippen LogP contribution in [0.15, 0.2) is 18.5 Å². The molecule has 0 radical (unpaired) electrons. The SMILES string of the molecule is C#COC(=O)c1ccc(Cl)c(OCCn2ncnn2)c1Cl. The van der Waals surface area contributed by atoms with E-state index < -0.39 is 5.97 Å². The van der Waals surface area contributed by atoms with E-state index in [1.54, 1.807) is 6.11 Å². The second kappa shape index (κ2) is 6.92. The number of halogens is 2. The summed E-state index contributed by atoms with van der Waals surface area (Å²) in [6.45, 7) is 0.523. The molecule has 108 valence electrons. The molecule has 0 saturated carbocycles. The van der Waals surface area contributed by atoms with E-state index in [-0.39, 0.29) is 28.0 Å². The normalized spacial score (nSPS) is 9.95. The van der Waals surface area contributed by atoms with Crippen LogP contribution in [0.25, 0.3) is 0 Å². The minimum atomic E-state index is -0.762. The van der Waals surface area contributed by atoms with Gasteiger partial charge >= 0.3 is 5.97 Å². The lowest BCUT2D eigenvalue weighted by atomic mass is 10.2. The van der Waals surface area contributed by atoms with E-state index in [1.807, 2.05) is 0 Å². The largest absolute Gasteiger partial charge is 0.488 e. The van der Waals surface area contributed by atoms with Crippen LogP contribution in [0, 0.1) is 12.5 Å². The molecule has 2 rings (SSSR count). The molecule has 0 aliphatic rings. The fourth-order valence-electron chi connectivity index (χ4n) is 1.45. The molecule has 0 unspecified atom stereocenters. The number of esters is 1. The van der Waals surface area contributed by atoms with Gasteiger partial charge in [-0.3, -0.25) is 0 Å². The van der Waals surface area contributed by atoms with E-state index in [9.17, 15) is 4.79 Å². The number of carbonyl (C=O) groups excluding carboxylic acids is 1. The molecule has 0 aliphatic heterocycles. The third-order valence-corrected chi connectivity index (χ3v) is 3.02. The molecule has 0 spiro atoms. The molecular formula is C12H8Cl2N4O3. The summed E-state index contributed by atoms with van der Waals surface area (Å²) in [6, 6.07) is 2.86. The Kier molecular flexibility index (Phi) is 4.98. The van der Waals surface area contributed by atoms with Crippen molar-refractivity contribution in [2.75, 3.05) is 6.61 Å². The zero-order valence-corrected chi connectivity index (χ0v) is 12.0. The molecule has 0 aliphatic carbocycles. The molecule has 0 atom stereocenters. The van der Waals surface area contributed by atoms with E-state index in [4.69, 9.17) is 34.4 Å². The Morgan fingerprint density at radius 1 is 1.43 bits per heavy atom. The number of carbonyl (C=O) groups is 1. The van der Waals surface area contributed by atoms with Crippen LogP contribution in [-0.2, 0) is 11.3 Å². The molecule has 9 heteroatoms. The highest BCUT2D eigenvalue weighted by Crippen LogP contribution is 2.35. The molecule has 0 fully saturated rings. The molecule has 21 heavy (non-hydrogen) atoms. The van der Waals surface area contributed by atoms with Crippen LogP contribution in [-0.4, -0.2) is 32.8 Å². The summed E-state index contributed by atoms with van der Waals surface area (Å²) in [6.07, 6.45) is 7.99. The van der Waals surface area contributed by atoms with Gasteiger partial charge in [-0.05, 0) is 17.3 Å². The summed E-state index contributed by atoms with van der Waals surface area (Å²) < 4.78 is 9.90. The Hall–Kier alpha value is -2.30. The van der Waals surface area contributed by atoms with Crippen molar-refractivity contribution in [1.29, 1.82) is 0 Å². The number of benzene rings is 1. The van der Waals surface area contributed by atoms with Gasteiger partial charge in [-0.25, -0.2) is 4.79 Å². The van der Waals surface area contributed by atoms with Crippen molar-refractivity contribution in [2.45, 2.75) is 6.54 Å². The van der Waals surface area contributed by atoms with Crippen LogP contribution < -0.4 is 4.74 Å². The molecule has 2 aromatic rings. The number of nitrogens with zero attached hydrogens (tertiary/aromatic N) is 4. The van der Waals surface area contributed by atoms with Crippen LogP contribution in [0.5, 0.6) is 5.75 Å². The molecule has 1 heterocycles. The van der Waals surface area contributed by atoms with Gasteiger partial charge in [-0.1, -0.05) is 29.6 Å². The first-order valence-corrected chi connectivity index (χ1v) is 6.37. The average Bonchev–Trinajstić information content (AvgIpc) is 2.96. The number of ether oxygens (including phenoxy) is 2. The highest BCUT2D eigenvalue weighted by atomic mass is 35.5. The molecule has 1 aromatic heterocycles. The minimum Gasteiger partial charge on any atom is -0.488 e. The topological polar surface area (TPSA) is 79.1 Å². The molecule has 1 aromatic carbocycles. The van der Waals surface area contributed by atoms with Crippen molar-refractivity contribution < 1.29 is 14.3 Å². The Bertz CT molecular complexity index is 683. The zero-order valence-electron chi connectivity index (χ0n) is 10.5. The molecule has 0 amide bonds. The average molecular weight is 327 g/mol. The highest BCUT2D eigenvalue weighted by molar-refractivity contribution is 6.39.